The zero-order valence-corrected chi connectivity index (χ0v) is 8.08. The van der Waals surface area contributed by atoms with Gasteiger partial charge in [-0.1, -0.05) is 6.07 Å². The van der Waals surface area contributed by atoms with Crippen LogP contribution in [0.4, 0.5) is 0 Å². The van der Waals surface area contributed by atoms with Gasteiger partial charge in [0.15, 0.2) is 17.5 Å². The number of carbonyl (C=O) groups is 1. The molecule has 0 aliphatic heterocycles. The molecule has 78 valence electrons. The predicted molar refractivity (Wildman–Crippen MR) is 52.3 cm³/mol. The summed E-state index contributed by atoms with van der Waals surface area (Å²) in [6, 6.07) is 2.51. The lowest BCUT2D eigenvalue weighted by Crippen LogP contribution is -2.22. The highest BCUT2D eigenvalue weighted by atomic mass is 16.4. The highest BCUT2D eigenvalue weighted by Crippen LogP contribution is 2.11. The number of nitrogens with zero attached hydrogens (tertiary/aromatic N) is 3. The number of carboxylic acid groups (broad SMARTS) is 1. The Morgan fingerprint density at radius 3 is 3.00 bits per heavy atom. The summed E-state index contributed by atoms with van der Waals surface area (Å²) in [5, 5.41) is 12.7. The number of carboxylic acids is 1. The second-order valence-corrected chi connectivity index (χ2v) is 3.25. The van der Waals surface area contributed by atoms with Crippen LogP contribution in [0, 0.1) is 6.92 Å². The maximum absolute atomic E-state index is 10.6. The molecule has 1 atom stereocenters. The van der Waals surface area contributed by atoms with Crippen LogP contribution in [0.1, 0.15) is 17.4 Å². The summed E-state index contributed by atoms with van der Waals surface area (Å²) in [5.74, 6) is -1.01. The topological polar surface area (TPSA) is 93.5 Å². The van der Waals surface area contributed by atoms with Crippen LogP contribution in [-0.4, -0.2) is 25.7 Å². The molecule has 2 heterocycles. The lowest BCUT2D eigenvalue weighted by molar-refractivity contribution is -0.138. The van der Waals surface area contributed by atoms with Crippen molar-refractivity contribution in [3.8, 4) is 0 Å². The minimum Gasteiger partial charge on any atom is -0.480 e. The van der Waals surface area contributed by atoms with Gasteiger partial charge in [-0.3, -0.25) is 4.79 Å². The summed E-state index contributed by atoms with van der Waals surface area (Å²) in [5.41, 5.74) is 6.97. The Balaban J connectivity index is 2.56. The molecule has 2 rings (SSSR count). The zero-order chi connectivity index (χ0) is 11.0. The average Bonchev–Trinajstić information content (AvgIpc) is 2.61. The Bertz CT molecular complexity index is 520. The molecule has 6 heteroatoms. The van der Waals surface area contributed by atoms with Crippen molar-refractivity contribution < 1.29 is 9.90 Å². The number of aliphatic carboxylic acids is 1. The van der Waals surface area contributed by atoms with Crippen LogP contribution in [-0.2, 0) is 4.79 Å². The Kier molecular flexibility index (Phi) is 2.12. The quantitative estimate of drug-likeness (QED) is 0.728. The highest BCUT2D eigenvalue weighted by molar-refractivity contribution is 5.74. The van der Waals surface area contributed by atoms with E-state index >= 15 is 0 Å². The number of rotatable bonds is 2. The number of fused-ring (bicyclic) bond motifs is 1. The Morgan fingerprint density at radius 2 is 2.40 bits per heavy atom. The molecule has 0 amide bonds. The first-order valence-corrected chi connectivity index (χ1v) is 4.40. The highest BCUT2D eigenvalue weighted by Gasteiger charge is 2.19. The monoisotopic (exact) mass is 206 g/mol. The van der Waals surface area contributed by atoms with Gasteiger partial charge in [-0.2, -0.15) is 0 Å². The van der Waals surface area contributed by atoms with Crippen molar-refractivity contribution in [3.63, 3.8) is 0 Å². The fraction of sp³-hybridized carbons (Fsp3) is 0.222. The SMILES string of the molecule is Cc1cccn2nc(C(N)C(=O)O)nc12. The van der Waals surface area contributed by atoms with Gasteiger partial charge < -0.3 is 10.8 Å². The first-order chi connectivity index (χ1) is 7.09. The van der Waals surface area contributed by atoms with Crippen molar-refractivity contribution >= 4 is 11.6 Å². The van der Waals surface area contributed by atoms with Gasteiger partial charge in [0.25, 0.3) is 0 Å². The summed E-state index contributed by atoms with van der Waals surface area (Å²) >= 11 is 0. The molecule has 0 spiro atoms. The predicted octanol–water partition coefficient (Wildman–Crippen LogP) is 0.122. The van der Waals surface area contributed by atoms with Crippen LogP contribution in [0.25, 0.3) is 5.65 Å². The molecule has 0 aromatic carbocycles. The lowest BCUT2D eigenvalue weighted by Gasteiger charge is -1.97. The van der Waals surface area contributed by atoms with E-state index in [0.717, 1.165) is 5.56 Å². The first-order valence-electron chi connectivity index (χ1n) is 4.40. The molecule has 2 aromatic rings. The van der Waals surface area contributed by atoms with Crippen molar-refractivity contribution in [2.75, 3.05) is 0 Å². The minimum atomic E-state index is -1.18. The third-order valence-corrected chi connectivity index (χ3v) is 2.12. The largest absolute Gasteiger partial charge is 0.480 e. The van der Waals surface area contributed by atoms with Crippen molar-refractivity contribution in [2.45, 2.75) is 13.0 Å². The Labute approximate surface area is 85.3 Å². The van der Waals surface area contributed by atoms with Gasteiger partial charge in [-0.15, -0.1) is 5.10 Å². The maximum Gasteiger partial charge on any atom is 0.328 e. The summed E-state index contributed by atoms with van der Waals surface area (Å²) < 4.78 is 1.52. The van der Waals surface area contributed by atoms with E-state index in [2.05, 4.69) is 10.1 Å². The molecular weight excluding hydrogens is 196 g/mol. The molecule has 0 saturated heterocycles. The molecule has 0 fully saturated rings. The van der Waals surface area contributed by atoms with E-state index in [0.29, 0.717) is 5.65 Å². The van der Waals surface area contributed by atoms with Crippen molar-refractivity contribution in [3.05, 3.63) is 29.7 Å². The number of pyridine rings is 1. The van der Waals surface area contributed by atoms with Crippen molar-refractivity contribution in [2.24, 2.45) is 5.73 Å². The first kappa shape index (κ1) is 9.60. The van der Waals surface area contributed by atoms with Gasteiger partial charge in [0.1, 0.15) is 0 Å². The van der Waals surface area contributed by atoms with Gasteiger partial charge in [-0.25, -0.2) is 9.50 Å². The molecule has 3 N–H and O–H groups in total. The van der Waals surface area contributed by atoms with Crippen molar-refractivity contribution in [1.82, 2.24) is 14.6 Å². The summed E-state index contributed by atoms with van der Waals surface area (Å²) in [6.07, 6.45) is 1.70. The Hall–Kier alpha value is -1.95. The fourth-order valence-corrected chi connectivity index (χ4v) is 1.30. The molecule has 2 aromatic heterocycles. The van der Waals surface area contributed by atoms with E-state index < -0.39 is 12.0 Å². The van der Waals surface area contributed by atoms with Gasteiger partial charge >= 0.3 is 5.97 Å². The zero-order valence-electron chi connectivity index (χ0n) is 8.08. The summed E-state index contributed by atoms with van der Waals surface area (Å²) in [7, 11) is 0. The van der Waals surface area contributed by atoms with Crippen molar-refractivity contribution in [1.29, 1.82) is 0 Å². The second kappa shape index (κ2) is 3.32. The fourth-order valence-electron chi connectivity index (χ4n) is 1.30. The van der Waals surface area contributed by atoms with E-state index in [-0.39, 0.29) is 5.82 Å². The molecule has 0 saturated carbocycles. The Morgan fingerprint density at radius 1 is 1.67 bits per heavy atom. The van der Waals surface area contributed by atoms with E-state index in [1.54, 1.807) is 6.20 Å². The maximum atomic E-state index is 10.6. The van der Waals surface area contributed by atoms with Crippen LogP contribution in [0.3, 0.4) is 0 Å². The van der Waals surface area contributed by atoms with Crippen LogP contribution < -0.4 is 5.73 Å². The number of aryl methyl sites for hydroxylation is 1. The van der Waals surface area contributed by atoms with Crippen LogP contribution in [0.5, 0.6) is 0 Å². The molecule has 6 nitrogen and oxygen atoms in total. The normalized spacial score (nSPS) is 12.9. The number of hydrogen-bond donors (Lipinski definition) is 2. The molecule has 15 heavy (non-hydrogen) atoms. The second-order valence-electron chi connectivity index (χ2n) is 3.25. The van der Waals surface area contributed by atoms with Crippen LogP contribution in [0.2, 0.25) is 0 Å². The van der Waals surface area contributed by atoms with E-state index in [1.165, 1.54) is 4.52 Å². The molecular formula is C9H10N4O2. The van der Waals surface area contributed by atoms with Crippen LogP contribution in [0.15, 0.2) is 18.3 Å². The summed E-state index contributed by atoms with van der Waals surface area (Å²) in [6.45, 7) is 1.88. The summed E-state index contributed by atoms with van der Waals surface area (Å²) in [4.78, 5) is 14.7. The standard InChI is InChI=1S/C9H10N4O2/c1-5-3-2-4-13-8(5)11-7(12-13)6(10)9(14)15/h2-4,6H,10H2,1H3,(H,14,15). The molecule has 0 radical (unpaired) electrons. The average molecular weight is 206 g/mol. The van der Waals surface area contributed by atoms with Gasteiger partial charge in [0.05, 0.1) is 0 Å². The lowest BCUT2D eigenvalue weighted by atomic mass is 10.3. The van der Waals surface area contributed by atoms with Gasteiger partial charge in [-0.05, 0) is 18.6 Å². The third kappa shape index (κ3) is 1.55. The molecule has 0 aliphatic carbocycles. The van der Waals surface area contributed by atoms with E-state index in [4.69, 9.17) is 10.8 Å². The molecule has 0 aliphatic rings. The smallest absolute Gasteiger partial charge is 0.328 e. The molecule has 1 unspecified atom stereocenters. The molecule has 0 bridgehead atoms. The number of nitrogens with two attached hydrogens (primary N) is 1. The minimum absolute atomic E-state index is 0.122. The van der Waals surface area contributed by atoms with Gasteiger partial charge in [0.2, 0.25) is 0 Å². The van der Waals surface area contributed by atoms with Gasteiger partial charge in [0, 0.05) is 6.20 Å². The third-order valence-electron chi connectivity index (χ3n) is 2.12. The van der Waals surface area contributed by atoms with Crippen LogP contribution >= 0.6 is 0 Å². The van der Waals surface area contributed by atoms with E-state index in [1.807, 2.05) is 19.1 Å². The number of aromatic nitrogens is 3. The number of hydrogen-bond acceptors (Lipinski definition) is 4. The van der Waals surface area contributed by atoms with E-state index in [9.17, 15) is 4.79 Å².